The summed E-state index contributed by atoms with van der Waals surface area (Å²) in [5.74, 6) is -0.650. The van der Waals surface area contributed by atoms with E-state index in [-0.39, 0.29) is 5.56 Å². The number of nitrogens with two attached hydrogens (primary N) is 1. The first kappa shape index (κ1) is 13.4. The molecule has 7 nitrogen and oxygen atoms in total. The number of carboxylic acid groups (broad SMARTS) is 1. The van der Waals surface area contributed by atoms with Crippen molar-refractivity contribution in [2.45, 2.75) is 10.9 Å². The Morgan fingerprint density at radius 3 is 3.10 bits per heavy atom. The summed E-state index contributed by atoms with van der Waals surface area (Å²) in [6, 6.07) is 5.42. The van der Waals surface area contributed by atoms with Crippen molar-refractivity contribution in [3.63, 3.8) is 0 Å². The predicted octanol–water partition coefficient (Wildman–Crippen LogP) is 1.93. The highest BCUT2D eigenvalue weighted by molar-refractivity contribution is 7.98. The van der Waals surface area contributed by atoms with Crippen molar-refractivity contribution in [1.29, 1.82) is 0 Å². The van der Waals surface area contributed by atoms with Crippen LogP contribution in [0.3, 0.4) is 0 Å². The molecule has 0 spiro atoms. The molecule has 2 heterocycles. The summed E-state index contributed by atoms with van der Waals surface area (Å²) in [5.41, 5.74) is 8.60. The average molecular weight is 301 g/mol. The number of nitrogen functional groups attached to an aromatic ring is 1. The molecule has 8 heteroatoms. The third-order valence-corrected chi connectivity index (χ3v) is 3.74. The van der Waals surface area contributed by atoms with Crippen LogP contribution in [0.1, 0.15) is 16.1 Å². The molecule has 0 fully saturated rings. The Bertz CT molecular complexity index is 817. The first-order valence-electron chi connectivity index (χ1n) is 6.03. The van der Waals surface area contributed by atoms with Crippen molar-refractivity contribution in [1.82, 2.24) is 19.9 Å². The van der Waals surface area contributed by atoms with E-state index in [0.29, 0.717) is 22.3 Å². The molecular formula is C13H11N5O2S. The Labute approximate surface area is 123 Å². The molecule has 0 atom stereocenters. The normalized spacial score (nSPS) is 10.9. The number of carbonyl (C=O) groups is 1. The van der Waals surface area contributed by atoms with Crippen LogP contribution < -0.4 is 5.73 Å². The number of carboxylic acids is 1. The van der Waals surface area contributed by atoms with E-state index in [2.05, 4.69) is 19.9 Å². The largest absolute Gasteiger partial charge is 0.478 e. The summed E-state index contributed by atoms with van der Waals surface area (Å²) < 4.78 is 0. The minimum Gasteiger partial charge on any atom is -0.478 e. The second-order valence-corrected chi connectivity index (χ2v) is 5.26. The van der Waals surface area contributed by atoms with Crippen LogP contribution in [0, 0.1) is 0 Å². The van der Waals surface area contributed by atoms with Gasteiger partial charge in [-0.3, -0.25) is 0 Å². The van der Waals surface area contributed by atoms with Crippen molar-refractivity contribution >= 4 is 34.5 Å². The number of H-pyrrole nitrogens is 1. The van der Waals surface area contributed by atoms with Gasteiger partial charge in [-0.05, 0) is 18.2 Å². The van der Waals surface area contributed by atoms with Crippen LogP contribution >= 0.6 is 11.8 Å². The molecule has 3 aromatic rings. The summed E-state index contributed by atoms with van der Waals surface area (Å²) in [6.45, 7) is 0. The quantitative estimate of drug-likeness (QED) is 0.497. The number of imidazole rings is 1. The van der Waals surface area contributed by atoms with Crippen LogP contribution in [0.4, 0.5) is 5.69 Å². The molecule has 0 unspecified atom stereocenters. The SMILES string of the molecule is Nc1ccc2nc(SCc3ncncc3C(=O)O)[nH]c2c1. The van der Waals surface area contributed by atoms with Crippen LogP contribution in [-0.4, -0.2) is 31.0 Å². The van der Waals surface area contributed by atoms with Crippen LogP contribution in [-0.2, 0) is 5.75 Å². The molecule has 0 aliphatic heterocycles. The van der Waals surface area contributed by atoms with Crippen molar-refractivity contribution < 1.29 is 9.90 Å². The van der Waals surface area contributed by atoms with E-state index in [0.717, 1.165) is 11.0 Å². The fraction of sp³-hybridized carbons (Fsp3) is 0.0769. The Kier molecular flexibility index (Phi) is 3.44. The molecular weight excluding hydrogens is 290 g/mol. The number of nitrogens with one attached hydrogen (secondary N) is 1. The average Bonchev–Trinajstić information content (AvgIpc) is 2.87. The molecule has 106 valence electrons. The molecule has 21 heavy (non-hydrogen) atoms. The van der Waals surface area contributed by atoms with E-state index in [1.54, 1.807) is 12.1 Å². The molecule has 3 rings (SSSR count). The molecule has 0 saturated heterocycles. The van der Waals surface area contributed by atoms with E-state index in [9.17, 15) is 4.79 Å². The van der Waals surface area contributed by atoms with Crippen LogP contribution in [0.2, 0.25) is 0 Å². The van der Waals surface area contributed by atoms with E-state index in [4.69, 9.17) is 10.8 Å². The zero-order chi connectivity index (χ0) is 14.8. The van der Waals surface area contributed by atoms with Crippen LogP contribution in [0.25, 0.3) is 11.0 Å². The van der Waals surface area contributed by atoms with Gasteiger partial charge in [-0.15, -0.1) is 0 Å². The molecule has 0 amide bonds. The lowest BCUT2D eigenvalue weighted by molar-refractivity contribution is 0.0695. The monoisotopic (exact) mass is 301 g/mol. The maximum absolute atomic E-state index is 11.1. The smallest absolute Gasteiger partial charge is 0.339 e. The minimum atomic E-state index is -1.04. The number of nitrogens with zero attached hydrogens (tertiary/aromatic N) is 3. The van der Waals surface area contributed by atoms with Crippen molar-refractivity contribution in [3.8, 4) is 0 Å². The van der Waals surface area contributed by atoms with E-state index in [1.807, 2.05) is 6.07 Å². The van der Waals surface area contributed by atoms with Gasteiger partial charge in [0.2, 0.25) is 0 Å². The highest BCUT2D eigenvalue weighted by atomic mass is 32.2. The second kappa shape index (κ2) is 5.41. The highest BCUT2D eigenvalue weighted by Gasteiger charge is 2.12. The molecule has 4 N–H and O–H groups in total. The summed E-state index contributed by atoms with van der Waals surface area (Å²) in [7, 11) is 0. The standard InChI is InChI=1S/C13H11N5O2S/c14-7-1-2-9-10(3-7)18-13(17-9)21-5-11-8(12(19)20)4-15-6-16-11/h1-4,6H,5,14H2,(H,17,18)(H,19,20). The van der Waals surface area contributed by atoms with Crippen molar-refractivity contribution in [2.75, 3.05) is 5.73 Å². The Morgan fingerprint density at radius 1 is 1.43 bits per heavy atom. The van der Waals surface area contributed by atoms with Gasteiger partial charge in [0, 0.05) is 17.6 Å². The van der Waals surface area contributed by atoms with Crippen molar-refractivity contribution in [2.24, 2.45) is 0 Å². The fourth-order valence-corrected chi connectivity index (χ4v) is 2.71. The van der Waals surface area contributed by atoms with Gasteiger partial charge >= 0.3 is 5.97 Å². The predicted molar refractivity (Wildman–Crippen MR) is 79.1 cm³/mol. The zero-order valence-corrected chi connectivity index (χ0v) is 11.6. The third-order valence-electron chi connectivity index (χ3n) is 2.85. The lowest BCUT2D eigenvalue weighted by Crippen LogP contribution is -2.04. The van der Waals surface area contributed by atoms with E-state index >= 15 is 0 Å². The molecule has 0 bridgehead atoms. The van der Waals surface area contributed by atoms with Gasteiger partial charge in [0.15, 0.2) is 5.16 Å². The number of hydrogen-bond donors (Lipinski definition) is 3. The Hall–Kier alpha value is -2.61. The number of rotatable bonds is 4. The number of aromatic amines is 1. The molecule has 1 aromatic carbocycles. The molecule has 0 aliphatic rings. The number of aromatic nitrogens is 4. The molecule has 0 aliphatic carbocycles. The molecule has 0 radical (unpaired) electrons. The van der Waals surface area contributed by atoms with E-state index in [1.165, 1.54) is 24.3 Å². The number of thioether (sulfide) groups is 1. The van der Waals surface area contributed by atoms with E-state index < -0.39 is 5.97 Å². The fourth-order valence-electron chi connectivity index (χ4n) is 1.86. The van der Waals surface area contributed by atoms with Gasteiger partial charge in [0.25, 0.3) is 0 Å². The summed E-state index contributed by atoms with van der Waals surface area (Å²) >= 11 is 1.38. The van der Waals surface area contributed by atoms with Gasteiger partial charge in [-0.1, -0.05) is 11.8 Å². The molecule has 2 aromatic heterocycles. The number of aromatic carboxylic acids is 1. The van der Waals surface area contributed by atoms with Gasteiger partial charge in [-0.2, -0.15) is 0 Å². The van der Waals surface area contributed by atoms with Crippen LogP contribution in [0.5, 0.6) is 0 Å². The Morgan fingerprint density at radius 2 is 2.29 bits per heavy atom. The van der Waals surface area contributed by atoms with Gasteiger partial charge < -0.3 is 15.8 Å². The lowest BCUT2D eigenvalue weighted by Gasteiger charge is -2.01. The first-order valence-corrected chi connectivity index (χ1v) is 7.02. The third kappa shape index (κ3) is 2.79. The summed E-state index contributed by atoms with van der Waals surface area (Å²) in [4.78, 5) is 26.4. The maximum atomic E-state index is 11.1. The van der Waals surface area contributed by atoms with Crippen LogP contribution in [0.15, 0.2) is 35.9 Å². The maximum Gasteiger partial charge on any atom is 0.339 e. The number of benzene rings is 1. The van der Waals surface area contributed by atoms with Crippen molar-refractivity contribution in [3.05, 3.63) is 42.0 Å². The Balaban J connectivity index is 1.82. The zero-order valence-electron chi connectivity index (χ0n) is 10.8. The number of fused-ring (bicyclic) bond motifs is 1. The molecule has 0 saturated carbocycles. The van der Waals surface area contributed by atoms with Gasteiger partial charge in [-0.25, -0.2) is 19.7 Å². The lowest BCUT2D eigenvalue weighted by atomic mass is 10.2. The van der Waals surface area contributed by atoms with Gasteiger partial charge in [0.05, 0.1) is 16.7 Å². The minimum absolute atomic E-state index is 0.102. The second-order valence-electron chi connectivity index (χ2n) is 4.30. The highest BCUT2D eigenvalue weighted by Crippen LogP contribution is 2.24. The van der Waals surface area contributed by atoms with Gasteiger partial charge in [0.1, 0.15) is 11.9 Å². The number of hydrogen-bond acceptors (Lipinski definition) is 6. The summed E-state index contributed by atoms with van der Waals surface area (Å²) in [6.07, 6.45) is 2.63. The number of anilines is 1. The topological polar surface area (TPSA) is 118 Å². The first-order chi connectivity index (χ1) is 10.1. The summed E-state index contributed by atoms with van der Waals surface area (Å²) in [5, 5.41) is 9.77.